The summed E-state index contributed by atoms with van der Waals surface area (Å²) in [6.45, 7) is 1.15. The van der Waals surface area contributed by atoms with Gasteiger partial charge in [-0.3, -0.25) is 4.98 Å². The molecule has 2 aromatic carbocycles. The van der Waals surface area contributed by atoms with Crippen molar-refractivity contribution in [3.05, 3.63) is 84.9 Å². The van der Waals surface area contributed by atoms with Gasteiger partial charge >= 0.3 is 0 Å². The summed E-state index contributed by atoms with van der Waals surface area (Å²) >= 11 is 0. The molecule has 0 aliphatic carbocycles. The molecule has 0 bridgehead atoms. The fourth-order valence-corrected chi connectivity index (χ4v) is 6.37. The van der Waals surface area contributed by atoms with Crippen molar-refractivity contribution in [1.82, 2.24) is 4.98 Å². The maximum Gasteiger partial charge on any atom is 0.176 e. The van der Waals surface area contributed by atoms with E-state index in [0.717, 1.165) is 13.0 Å². The first-order valence-electron chi connectivity index (χ1n) is 17.6. The second kappa shape index (κ2) is 20.2. The molecule has 0 unspecified atom stereocenters. The monoisotopic (exact) mass is 565 g/mol. The van der Waals surface area contributed by atoms with Crippen LogP contribution in [0.3, 0.4) is 0 Å². The predicted molar refractivity (Wildman–Crippen MR) is 182 cm³/mol. The zero-order chi connectivity index (χ0) is 28.9. The second-order valence-corrected chi connectivity index (χ2v) is 12.7. The minimum atomic E-state index is 1.12. The van der Waals surface area contributed by atoms with Crippen molar-refractivity contribution in [2.45, 2.75) is 141 Å². The maximum absolute atomic E-state index is 4.64. The van der Waals surface area contributed by atoms with Crippen molar-refractivity contribution in [3.8, 4) is 0 Å². The molecular weight excluding hydrogens is 508 g/mol. The molecule has 0 saturated carbocycles. The number of aryl methyl sites for hydroxylation is 2. The zero-order valence-corrected chi connectivity index (χ0v) is 26.5. The normalized spacial score (nSPS) is 11.5. The second-order valence-electron chi connectivity index (χ2n) is 12.7. The molecule has 0 atom stereocenters. The molecule has 226 valence electrons. The third-order valence-corrected chi connectivity index (χ3v) is 9.03. The molecule has 42 heavy (non-hydrogen) atoms. The average molecular weight is 566 g/mol. The van der Waals surface area contributed by atoms with Crippen LogP contribution in [-0.2, 0) is 13.0 Å². The van der Waals surface area contributed by atoms with Crippen LogP contribution in [0.25, 0.3) is 21.5 Å². The number of pyridine rings is 2. The molecule has 4 rings (SSSR count). The summed E-state index contributed by atoms with van der Waals surface area (Å²) in [4.78, 5) is 4.64. The minimum absolute atomic E-state index is 1.12. The van der Waals surface area contributed by atoms with Gasteiger partial charge in [0.1, 0.15) is 6.54 Å². The lowest BCUT2D eigenvalue weighted by molar-refractivity contribution is -0.696. The van der Waals surface area contributed by atoms with Crippen LogP contribution in [-0.4, -0.2) is 4.98 Å². The Bertz CT molecular complexity index is 1160. The predicted octanol–water partition coefficient (Wildman–Crippen LogP) is 11.7. The van der Waals surface area contributed by atoms with E-state index in [9.17, 15) is 0 Å². The van der Waals surface area contributed by atoms with Gasteiger partial charge in [-0.15, -0.1) is 0 Å². The summed E-state index contributed by atoms with van der Waals surface area (Å²) in [5.41, 5.74) is 1.25. The Balaban J connectivity index is 0.837. The molecule has 2 nitrogen and oxygen atoms in total. The summed E-state index contributed by atoms with van der Waals surface area (Å²) < 4.78 is 2.36. The van der Waals surface area contributed by atoms with Crippen LogP contribution < -0.4 is 4.57 Å². The van der Waals surface area contributed by atoms with Crippen LogP contribution in [0.15, 0.2) is 79.3 Å². The Hall–Kier alpha value is -2.74. The smallest absolute Gasteiger partial charge is 0.176 e. The molecule has 0 saturated heterocycles. The Morgan fingerprint density at radius 1 is 0.429 bits per heavy atom. The van der Waals surface area contributed by atoms with Gasteiger partial charge in [0.05, 0.1) is 0 Å². The van der Waals surface area contributed by atoms with E-state index in [0.29, 0.717) is 0 Å². The lowest BCUT2D eigenvalue weighted by atomic mass is 10.0. The Kier molecular flexibility index (Phi) is 15.5. The van der Waals surface area contributed by atoms with Gasteiger partial charge in [0.2, 0.25) is 0 Å². The molecule has 4 aromatic rings. The molecule has 0 amide bonds. The van der Waals surface area contributed by atoms with Gasteiger partial charge in [0, 0.05) is 35.2 Å². The van der Waals surface area contributed by atoms with Crippen molar-refractivity contribution < 1.29 is 4.57 Å². The molecule has 2 heterocycles. The van der Waals surface area contributed by atoms with Gasteiger partial charge in [-0.2, -0.15) is 0 Å². The Labute approximate surface area is 257 Å². The number of hydrogen-bond acceptors (Lipinski definition) is 1. The van der Waals surface area contributed by atoms with Crippen LogP contribution in [0.4, 0.5) is 0 Å². The number of fused-ring (bicyclic) bond motifs is 2. The van der Waals surface area contributed by atoms with E-state index in [2.05, 4.69) is 82.6 Å². The van der Waals surface area contributed by atoms with E-state index in [4.69, 9.17) is 0 Å². The largest absolute Gasteiger partial charge is 0.261 e. The summed E-state index contributed by atoms with van der Waals surface area (Å²) in [6.07, 6.45) is 36.0. The summed E-state index contributed by atoms with van der Waals surface area (Å²) in [5, 5.41) is 5.25. The van der Waals surface area contributed by atoms with E-state index in [-0.39, 0.29) is 0 Å². The van der Waals surface area contributed by atoms with Crippen molar-refractivity contribution in [2.75, 3.05) is 0 Å². The number of benzene rings is 2. The number of rotatable bonds is 23. The Morgan fingerprint density at radius 2 is 0.881 bits per heavy atom. The first-order chi connectivity index (χ1) is 20.9. The van der Waals surface area contributed by atoms with E-state index in [1.165, 1.54) is 156 Å². The van der Waals surface area contributed by atoms with Gasteiger partial charge in [-0.25, -0.2) is 4.57 Å². The SMILES string of the molecule is c1ccc2c[n+](CCCCCCCCCCCCCCCCCCCCCCc3cc4ccccc4cn3)ccc2c1. The van der Waals surface area contributed by atoms with Gasteiger partial charge in [0.25, 0.3) is 0 Å². The topological polar surface area (TPSA) is 16.8 Å². The van der Waals surface area contributed by atoms with Crippen molar-refractivity contribution in [1.29, 1.82) is 0 Å². The van der Waals surface area contributed by atoms with Gasteiger partial charge < -0.3 is 0 Å². The molecule has 0 radical (unpaired) electrons. The fraction of sp³-hybridized carbons (Fsp3) is 0.550. The van der Waals surface area contributed by atoms with Crippen molar-refractivity contribution in [2.24, 2.45) is 0 Å². The van der Waals surface area contributed by atoms with Crippen molar-refractivity contribution >= 4 is 21.5 Å². The highest BCUT2D eigenvalue weighted by Gasteiger charge is 2.03. The number of hydrogen-bond donors (Lipinski definition) is 0. The first-order valence-corrected chi connectivity index (χ1v) is 17.6. The third kappa shape index (κ3) is 12.6. The number of nitrogens with zero attached hydrogens (tertiary/aromatic N) is 2. The first kappa shape index (κ1) is 32.2. The molecule has 0 fully saturated rings. The van der Waals surface area contributed by atoms with Gasteiger partial charge in [-0.1, -0.05) is 152 Å². The number of aromatic nitrogens is 2. The highest BCUT2D eigenvalue weighted by molar-refractivity contribution is 5.81. The molecule has 0 spiro atoms. The van der Waals surface area contributed by atoms with Crippen LogP contribution in [0.5, 0.6) is 0 Å². The maximum atomic E-state index is 4.64. The van der Waals surface area contributed by atoms with E-state index >= 15 is 0 Å². The molecule has 2 aromatic heterocycles. The molecule has 0 aliphatic rings. The standard InChI is InChI=1S/C40H57N2/c1(3-5-7-9-11-13-15-17-19-29-40-33-37-26-21-22-27-38(37)34-41-40)2-4-6-8-10-12-14-16-18-24-31-42-32-30-36-25-20-23-28-39(36)35-42/h20-23,25-28,30,32-35H,1-19,24,29,31H2/q+1. The summed E-state index contributed by atoms with van der Waals surface area (Å²) in [7, 11) is 0. The Morgan fingerprint density at radius 3 is 1.45 bits per heavy atom. The minimum Gasteiger partial charge on any atom is -0.261 e. The third-order valence-electron chi connectivity index (χ3n) is 9.03. The van der Waals surface area contributed by atoms with E-state index < -0.39 is 0 Å². The van der Waals surface area contributed by atoms with Gasteiger partial charge in [0.15, 0.2) is 12.4 Å². The molecule has 0 N–H and O–H groups in total. The fourth-order valence-electron chi connectivity index (χ4n) is 6.37. The van der Waals surface area contributed by atoms with E-state index in [1.54, 1.807) is 0 Å². The van der Waals surface area contributed by atoms with Gasteiger partial charge in [-0.05, 0) is 42.2 Å². The average Bonchev–Trinajstić information content (AvgIpc) is 3.03. The van der Waals surface area contributed by atoms with Crippen LogP contribution in [0.2, 0.25) is 0 Å². The zero-order valence-electron chi connectivity index (χ0n) is 26.5. The summed E-state index contributed by atoms with van der Waals surface area (Å²) in [6, 6.07) is 21.7. The lowest BCUT2D eigenvalue weighted by Crippen LogP contribution is -2.32. The van der Waals surface area contributed by atoms with Crippen LogP contribution >= 0.6 is 0 Å². The highest BCUT2D eigenvalue weighted by atomic mass is 14.9. The van der Waals surface area contributed by atoms with Crippen LogP contribution in [0, 0.1) is 0 Å². The highest BCUT2D eigenvalue weighted by Crippen LogP contribution is 2.17. The van der Waals surface area contributed by atoms with Crippen molar-refractivity contribution in [3.63, 3.8) is 0 Å². The number of unbranched alkanes of at least 4 members (excludes halogenated alkanes) is 19. The van der Waals surface area contributed by atoms with Crippen LogP contribution in [0.1, 0.15) is 134 Å². The molecule has 2 heteroatoms. The quantitative estimate of drug-likeness (QED) is 0.0645. The molecular formula is C40H57N2+. The van der Waals surface area contributed by atoms with E-state index in [1.807, 2.05) is 6.20 Å². The summed E-state index contributed by atoms with van der Waals surface area (Å²) in [5.74, 6) is 0. The molecule has 0 aliphatic heterocycles. The lowest BCUT2D eigenvalue weighted by Gasteiger charge is -2.05.